The van der Waals surface area contributed by atoms with Crippen molar-refractivity contribution in [3.05, 3.63) is 29.8 Å². The number of ether oxygens (including phenoxy) is 1. The van der Waals surface area contributed by atoms with Crippen LogP contribution in [-0.2, 0) is 0 Å². The molecule has 1 heterocycles. The summed E-state index contributed by atoms with van der Waals surface area (Å²) >= 11 is 0. The van der Waals surface area contributed by atoms with Gasteiger partial charge in [-0.15, -0.1) is 0 Å². The Morgan fingerprint density at radius 3 is 3.05 bits per heavy atom. The molecule has 1 aliphatic rings. The number of piperidine rings is 1. The van der Waals surface area contributed by atoms with E-state index in [1.807, 2.05) is 12.1 Å². The van der Waals surface area contributed by atoms with E-state index in [2.05, 4.69) is 11.8 Å². The van der Waals surface area contributed by atoms with Crippen LogP contribution < -0.4 is 4.74 Å². The maximum atomic E-state index is 10.7. The van der Waals surface area contributed by atoms with E-state index < -0.39 is 0 Å². The molecule has 1 fully saturated rings. The van der Waals surface area contributed by atoms with Crippen LogP contribution in [-0.4, -0.2) is 36.9 Å². The summed E-state index contributed by atoms with van der Waals surface area (Å²) in [5, 5.41) is 0. The molecule has 0 radical (unpaired) electrons. The molecule has 0 bridgehead atoms. The van der Waals surface area contributed by atoms with Crippen LogP contribution in [0.25, 0.3) is 0 Å². The summed E-state index contributed by atoms with van der Waals surface area (Å²) in [6, 6.07) is 8.08. The van der Waals surface area contributed by atoms with Gasteiger partial charge in [0, 0.05) is 11.6 Å². The lowest BCUT2D eigenvalue weighted by Gasteiger charge is -2.33. The predicted octanol–water partition coefficient (Wildman–Crippen LogP) is 3.53. The van der Waals surface area contributed by atoms with Gasteiger partial charge in [-0.2, -0.15) is 0 Å². The molecule has 3 heteroatoms. The van der Waals surface area contributed by atoms with Crippen LogP contribution in [0.4, 0.5) is 0 Å². The highest BCUT2D eigenvalue weighted by Gasteiger charge is 2.16. The number of nitrogens with zero attached hydrogens (tertiary/aromatic N) is 1. The highest BCUT2D eigenvalue weighted by molar-refractivity contribution is 5.75. The number of carbonyl (C=O) groups is 1. The fourth-order valence-electron chi connectivity index (χ4n) is 2.77. The third-order valence-corrected chi connectivity index (χ3v) is 4.04. The smallest absolute Gasteiger partial charge is 0.150 e. The van der Waals surface area contributed by atoms with Crippen LogP contribution in [0.5, 0.6) is 5.75 Å². The highest BCUT2D eigenvalue weighted by Crippen LogP contribution is 2.17. The molecule has 0 aromatic heterocycles. The fraction of sp³-hybridized carbons (Fsp3) is 0.588. The lowest BCUT2D eigenvalue weighted by atomic mass is 10.0. The van der Waals surface area contributed by atoms with Gasteiger partial charge in [-0.25, -0.2) is 0 Å². The van der Waals surface area contributed by atoms with Crippen LogP contribution in [0.3, 0.4) is 0 Å². The second-order valence-corrected chi connectivity index (χ2v) is 5.63. The van der Waals surface area contributed by atoms with Gasteiger partial charge in [-0.1, -0.05) is 18.6 Å². The molecule has 0 aliphatic carbocycles. The van der Waals surface area contributed by atoms with E-state index in [-0.39, 0.29) is 0 Å². The molecule has 0 N–H and O–H groups in total. The number of benzene rings is 1. The van der Waals surface area contributed by atoms with Crippen LogP contribution in [0.15, 0.2) is 24.3 Å². The normalized spacial score (nSPS) is 19.8. The first-order valence-corrected chi connectivity index (χ1v) is 7.71. The van der Waals surface area contributed by atoms with Crippen LogP contribution in [0.2, 0.25) is 0 Å². The lowest BCUT2D eigenvalue weighted by Crippen LogP contribution is -2.38. The van der Waals surface area contributed by atoms with Gasteiger partial charge in [0.25, 0.3) is 0 Å². The van der Waals surface area contributed by atoms with Crippen LogP contribution >= 0.6 is 0 Å². The number of likely N-dealkylation sites (tertiary alicyclic amines) is 1. The number of aldehydes is 1. The minimum Gasteiger partial charge on any atom is -0.494 e. The van der Waals surface area contributed by atoms with E-state index in [0.29, 0.717) is 5.56 Å². The van der Waals surface area contributed by atoms with Crippen molar-refractivity contribution in [1.82, 2.24) is 4.90 Å². The van der Waals surface area contributed by atoms with Gasteiger partial charge in [-0.05, 0) is 57.8 Å². The number of unbranched alkanes of at least 4 members (excludes halogenated alkanes) is 1. The minimum atomic E-state index is 0.671. The van der Waals surface area contributed by atoms with Gasteiger partial charge in [-0.3, -0.25) is 4.79 Å². The molecule has 1 aliphatic heterocycles. The molecule has 1 saturated heterocycles. The van der Waals surface area contributed by atoms with Gasteiger partial charge in [0.15, 0.2) is 0 Å². The monoisotopic (exact) mass is 275 g/mol. The first kappa shape index (κ1) is 15.0. The van der Waals surface area contributed by atoms with Crippen molar-refractivity contribution in [1.29, 1.82) is 0 Å². The molecule has 0 saturated carbocycles. The second kappa shape index (κ2) is 8.05. The van der Waals surface area contributed by atoms with Crippen molar-refractivity contribution in [3.63, 3.8) is 0 Å². The zero-order chi connectivity index (χ0) is 14.2. The largest absolute Gasteiger partial charge is 0.494 e. The number of rotatable bonds is 7. The van der Waals surface area contributed by atoms with E-state index in [9.17, 15) is 4.79 Å². The van der Waals surface area contributed by atoms with Gasteiger partial charge in [0.1, 0.15) is 12.0 Å². The van der Waals surface area contributed by atoms with E-state index >= 15 is 0 Å². The summed E-state index contributed by atoms with van der Waals surface area (Å²) in [6.07, 6.45) is 7.17. The number of carbonyl (C=O) groups excluding carboxylic acids is 1. The quantitative estimate of drug-likeness (QED) is 0.563. The molecule has 2 rings (SSSR count). The topological polar surface area (TPSA) is 29.5 Å². The molecule has 0 amide bonds. The first-order valence-electron chi connectivity index (χ1n) is 7.71. The maximum Gasteiger partial charge on any atom is 0.150 e. The Balaban J connectivity index is 1.62. The van der Waals surface area contributed by atoms with E-state index in [4.69, 9.17) is 4.74 Å². The predicted molar refractivity (Wildman–Crippen MR) is 81.4 cm³/mol. The Hall–Kier alpha value is -1.35. The number of hydrogen-bond donors (Lipinski definition) is 0. The van der Waals surface area contributed by atoms with E-state index in [1.165, 1.54) is 38.8 Å². The lowest BCUT2D eigenvalue weighted by molar-refractivity contribution is 0.112. The average Bonchev–Trinajstić information content (AvgIpc) is 2.49. The molecular formula is C17H25NO2. The van der Waals surface area contributed by atoms with Gasteiger partial charge >= 0.3 is 0 Å². The fourth-order valence-corrected chi connectivity index (χ4v) is 2.77. The highest BCUT2D eigenvalue weighted by atomic mass is 16.5. The third kappa shape index (κ3) is 4.64. The van der Waals surface area contributed by atoms with Crippen molar-refractivity contribution in [2.45, 2.75) is 45.1 Å². The zero-order valence-corrected chi connectivity index (χ0v) is 12.4. The molecule has 1 aromatic rings. The standard InChI is InChI=1S/C17H25NO2/c1-15-7-2-3-10-18(15)11-4-5-12-20-17-9-6-8-16(13-17)14-19/h6,8-9,13-15H,2-5,7,10-12H2,1H3/t15-/m0/s1. The van der Waals surface area contributed by atoms with Gasteiger partial charge < -0.3 is 9.64 Å². The first-order chi connectivity index (χ1) is 9.79. The Morgan fingerprint density at radius 2 is 2.25 bits per heavy atom. The van der Waals surface area contributed by atoms with E-state index in [1.54, 1.807) is 12.1 Å². The van der Waals surface area contributed by atoms with Crippen molar-refractivity contribution in [3.8, 4) is 5.75 Å². The van der Waals surface area contributed by atoms with Crippen LogP contribution in [0, 0.1) is 0 Å². The van der Waals surface area contributed by atoms with Gasteiger partial charge in [0.05, 0.1) is 6.61 Å². The van der Waals surface area contributed by atoms with E-state index in [0.717, 1.165) is 31.1 Å². The molecule has 3 nitrogen and oxygen atoms in total. The summed E-state index contributed by atoms with van der Waals surface area (Å²) in [7, 11) is 0. The van der Waals surface area contributed by atoms with Crippen molar-refractivity contribution < 1.29 is 9.53 Å². The molecule has 20 heavy (non-hydrogen) atoms. The summed E-state index contributed by atoms with van der Waals surface area (Å²) in [5.41, 5.74) is 0.671. The number of hydrogen-bond acceptors (Lipinski definition) is 3. The maximum absolute atomic E-state index is 10.7. The zero-order valence-electron chi connectivity index (χ0n) is 12.4. The van der Waals surface area contributed by atoms with Crippen LogP contribution in [0.1, 0.15) is 49.4 Å². The summed E-state index contributed by atoms with van der Waals surface area (Å²) in [6.45, 7) is 5.49. The molecule has 1 aromatic carbocycles. The Labute approximate surface area is 121 Å². The third-order valence-electron chi connectivity index (χ3n) is 4.04. The summed E-state index contributed by atoms with van der Waals surface area (Å²) in [4.78, 5) is 13.3. The SMILES string of the molecule is C[C@H]1CCCCN1CCCCOc1cccc(C=O)c1. The van der Waals surface area contributed by atoms with Gasteiger partial charge in [0.2, 0.25) is 0 Å². The Kier molecular flexibility index (Phi) is 6.06. The molecule has 0 unspecified atom stereocenters. The molecular weight excluding hydrogens is 250 g/mol. The van der Waals surface area contributed by atoms with Crippen molar-refractivity contribution in [2.75, 3.05) is 19.7 Å². The molecule has 0 spiro atoms. The summed E-state index contributed by atoms with van der Waals surface area (Å²) < 4.78 is 5.69. The molecule has 1 atom stereocenters. The molecule has 110 valence electrons. The Bertz CT molecular complexity index is 419. The second-order valence-electron chi connectivity index (χ2n) is 5.63. The van der Waals surface area contributed by atoms with Crippen molar-refractivity contribution >= 4 is 6.29 Å². The van der Waals surface area contributed by atoms with Crippen molar-refractivity contribution in [2.24, 2.45) is 0 Å². The minimum absolute atomic E-state index is 0.671. The Morgan fingerprint density at radius 1 is 1.35 bits per heavy atom. The summed E-state index contributed by atoms with van der Waals surface area (Å²) in [5.74, 6) is 0.793. The average molecular weight is 275 g/mol.